The standard InChI is InChI=1S/C18H21N5O2/c1-4-8-23-16(24)14-15(20(3)18(23)25)19-17-21(9-10-22(14)17)13-7-5-6-12(2)11-13/h5-7,11H,4,8-10H2,1-3H3. The number of hydrogen-bond acceptors (Lipinski definition) is 4. The average molecular weight is 339 g/mol. The summed E-state index contributed by atoms with van der Waals surface area (Å²) in [6, 6.07) is 8.20. The van der Waals surface area contributed by atoms with Crippen molar-refractivity contribution in [1.29, 1.82) is 0 Å². The van der Waals surface area contributed by atoms with Gasteiger partial charge in [0.25, 0.3) is 5.56 Å². The number of imidazole rings is 1. The molecular formula is C18H21N5O2. The number of benzene rings is 1. The highest BCUT2D eigenvalue weighted by molar-refractivity contribution is 5.77. The van der Waals surface area contributed by atoms with Crippen molar-refractivity contribution in [1.82, 2.24) is 18.7 Å². The lowest BCUT2D eigenvalue weighted by atomic mass is 10.2. The van der Waals surface area contributed by atoms with Crippen LogP contribution in [-0.4, -0.2) is 25.2 Å². The van der Waals surface area contributed by atoms with E-state index in [-0.39, 0.29) is 11.2 Å². The highest BCUT2D eigenvalue weighted by atomic mass is 16.2. The van der Waals surface area contributed by atoms with E-state index >= 15 is 0 Å². The SMILES string of the molecule is CCCn1c(=O)c2c(nc3n2CCN3c2cccc(C)c2)n(C)c1=O. The second-order valence-electron chi connectivity index (χ2n) is 6.52. The molecule has 0 saturated carbocycles. The van der Waals surface area contributed by atoms with Gasteiger partial charge in [-0.1, -0.05) is 19.1 Å². The van der Waals surface area contributed by atoms with Crippen molar-refractivity contribution in [2.75, 3.05) is 11.4 Å². The summed E-state index contributed by atoms with van der Waals surface area (Å²) in [7, 11) is 1.68. The van der Waals surface area contributed by atoms with Gasteiger partial charge in [-0.3, -0.25) is 13.9 Å². The lowest BCUT2D eigenvalue weighted by molar-refractivity contribution is 0.590. The summed E-state index contributed by atoms with van der Waals surface area (Å²) < 4.78 is 4.73. The first-order valence-corrected chi connectivity index (χ1v) is 8.57. The molecule has 0 bridgehead atoms. The molecule has 0 saturated heterocycles. The van der Waals surface area contributed by atoms with E-state index < -0.39 is 0 Å². The Balaban J connectivity index is 1.97. The van der Waals surface area contributed by atoms with Crippen LogP contribution in [-0.2, 0) is 20.1 Å². The fourth-order valence-electron chi connectivity index (χ4n) is 3.54. The minimum atomic E-state index is -0.307. The van der Waals surface area contributed by atoms with Gasteiger partial charge < -0.3 is 9.47 Å². The molecule has 3 aromatic rings. The number of aromatic nitrogens is 4. The fraction of sp³-hybridized carbons (Fsp3) is 0.389. The number of aryl methyl sites for hydroxylation is 2. The van der Waals surface area contributed by atoms with E-state index in [1.165, 1.54) is 14.7 Å². The first-order chi connectivity index (χ1) is 12.0. The molecule has 2 aromatic heterocycles. The molecule has 1 aromatic carbocycles. The van der Waals surface area contributed by atoms with Gasteiger partial charge in [-0.05, 0) is 31.0 Å². The summed E-state index contributed by atoms with van der Waals surface area (Å²) in [5, 5.41) is 0. The van der Waals surface area contributed by atoms with Crippen molar-refractivity contribution in [3.63, 3.8) is 0 Å². The van der Waals surface area contributed by atoms with Gasteiger partial charge in [-0.25, -0.2) is 4.79 Å². The summed E-state index contributed by atoms with van der Waals surface area (Å²) >= 11 is 0. The van der Waals surface area contributed by atoms with E-state index in [2.05, 4.69) is 28.9 Å². The summed E-state index contributed by atoms with van der Waals surface area (Å²) in [4.78, 5) is 32.1. The number of nitrogens with zero attached hydrogens (tertiary/aromatic N) is 5. The molecule has 0 radical (unpaired) electrons. The van der Waals surface area contributed by atoms with Crippen molar-refractivity contribution in [2.45, 2.75) is 33.4 Å². The van der Waals surface area contributed by atoms with E-state index in [0.29, 0.717) is 24.3 Å². The molecule has 3 heterocycles. The van der Waals surface area contributed by atoms with Crippen LogP contribution in [0.4, 0.5) is 11.6 Å². The minimum Gasteiger partial charge on any atom is -0.310 e. The van der Waals surface area contributed by atoms with Crippen molar-refractivity contribution in [3.05, 3.63) is 50.7 Å². The number of hydrogen-bond donors (Lipinski definition) is 0. The van der Waals surface area contributed by atoms with Gasteiger partial charge >= 0.3 is 5.69 Å². The molecule has 4 rings (SSSR count). The molecule has 0 fully saturated rings. The van der Waals surface area contributed by atoms with Crippen LogP contribution in [0, 0.1) is 6.92 Å². The fourth-order valence-corrected chi connectivity index (χ4v) is 3.54. The van der Waals surface area contributed by atoms with E-state index in [4.69, 9.17) is 0 Å². The molecule has 7 nitrogen and oxygen atoms in total. The van der Waals surface area contributed by atoms with E-state index in [9.17, 15) is 9.59 Å². The van der Waals surface area contributed by atoms with Crippen molar-refractivity contribution >= 4 is 22.8 Å². The highest BCUT2D eigenvalue weighted by Gasteiger charge is 2.28. The summed E-state index contributed by atoms with van der Waals surface area (Å²) in [6.45, 7) is 5.87. The third-order valence-electron chi connectivity index (χ3n) is 4.76. The predicted molar refractivity (Wildman–Crippen MR) is 97.7 cm³/mol. The molecule has 0 amide bonds. The molecule has 0 unspecified atom stereocenters. The molecular weight excluding hydrogens is 318 g/mol. The minimum absolute atomic E-state index is 0.246. The van der Waals surface area contributed by atoms with Crippen molar-refractivity contribution in [3.8, 4) is 0 Å². The van der Waals surface area contributed by atoms with Crippen LogP contribution >= 0.6 is 0 Å². The van der Waals surface area contributed by atoms with E-state index in [0.717, 1.165) is 24.6 Å². The Bertz CT molecular complexity index is 1090. The molecule has 1 aliphatic heterocycles. The first kappa shape index (κ1) is 15.7. The topological polar surface area (TPSA) is 65.1 Å². The van der Waals surface area contributed by atoms with Crippen LogP contribution in [0.2, 0.25) is 0 Å². The highest BCUT2D eigenvalue weighted by Crippen LogP contribution is 2.31. The molecule has 130 valence electrons. The van der Waals surface area contributed by atoms with Crippen LogP contribution in [0.15, 0.2) is 33.9 Å². The Kier molecular flexibility index (Phi) is 3.52. The average Bonchev–Trinajstić information content (AvgIpc) is 3.16. The third-order valence-corrected chi connectivity index (χ3v) is 4.76. The number of fused-ring (bicyclic) bond motifs is 3. The maximum Gasteiger partial charge on any atom is 0.332 e. The van der Waals surface area contributed by atoms with Gasteiger partial charge in [-0.2, -0.15) is 4.98 Å². The molecule has 0 spiro atoms. The monoisotopic (exact) mass is 339 g/mol. The molecule has 25 heavy (non-hydrogen) atoms. The van der Waals surface area contributed by atoms with Gasteiger partial charge in [0.2, 0.25) is 5.95 Å². The molecule has 0 aliphatic carbocycles. The molecule has 7 heteroatoms. The van der Waals surface area contributed by atoms with Gasteiger partial charge in [0.05, 0.1) is 0 Å². The van der Waals surface area contributed by atoms with Crippen molar-refractivity contribution < 1.29 is 0 Å². The number of rotatable bonds is 3. The second-order valence-corrected chi connectivity index (χ2v) is 6.52. The maximum atomic E-state index is 12.9. The lowest BCUT2D eigenvalue weighted by Gasteiger charge is -2.16. The Morgan fingerprint density at radius 1 is 1.20 bits per heavy atom. The van der Waals surface area contributed by atoms with Crippen molar-refractivity contribution in [2.24, 2.45) is 7.05 Å². The zero-order valence-corrected chi connectivity index (χ0v) is 14.7. The van der Waals surface area contributed by atoms with E-state index in [1.54, 1.807) is 7.05 Å². The normalized spacial score (nSPS) is 13.6. The van der Waals surface area contributed by atoms with Crippen LogP contribution in [0.25, 0.3) is 11.2 Å². The first-order valence-electron chi connectivity index (χ1n) is 8.57. The quantitative estimate of drug-likeness (QED) is 0.729. The largest absolute Gasteiger partial charge is 0.332 e. The van der Waals surface area contributed by atoms with Gasteiger partial charge in [0, 0.05) is 32.4 Å². The smallest absolute Gasteiger partial charge is 0.310 e. The Morgan fingerprint density at radius 2 is 2.00 bits per heavy atom. The summed E-state index contributed by atoms with van der Waals surface area (Å²) in [5.41, 5.74) is 2.64. The third kappa shape index (κ3) is 2.22. The number of anilines is 2. The molecule has 0 N–H and O–H groups in total. The Morgan fingerprint density at radius 3 is 2.72 bits per heavy atom. The van der Waals surface area contributed by atoms with Crippen LogP contribution < -0.4 is 16.1 Å². The maximum absolute atomic E-state index is 12.9. The summed E-state index contributed by atoms with van der Waals surface area (Å²) in [6.07, 6.45) is 0.733. The Hall–Kier alpha value is -2.83. The van der Waals surface area contributed by atoms with Gasteiger partial charge in [-0.15, -0.1) is 0 Å². The van der Waals surface area contributed by atoms with E-state index in [1.807, 2.05) is 23.6 Å². The predicted octanol–water partition coefficient (Wildman–Crippen LogP) is 1.77. The molecule has 0 atom stereocenters. The van der Waals surface area contributed by atoms with Crippen LogP contribution in [0.3, 0.4) is 0 Å². The Labute approximate surface area is 144 Å². The second kappa shape index (κ2) is 5.61. The zero-order chi connectivity index (χ0) is 17.7. The van der Waals surface area contributed by atoms with Crippen LogP contribution in [0.1, 0.15) is 18.9 Å². The van der Waals surface area contributed by atoms with Crippen LogP contribution in [0.5, 0.6) is 0 Å². The lowest BCUT2D eigenvalue weighted by Crippen LogP contribution is -2.39. The van der Waals surface area contributed by atoms with Gasteiger partial charge in [0.1, 0.15) is 0 Å². The zero-order valence-electron chi connectivity index (χ0n) is 14.7. The van der Waals surface area contributed by atoms with Gasteiger partial charge in [0.15, 0.2) is 11.2 Å². The molecule has 1 aliphatic rings. The summed E-state index contributed by atoms with van der Waals surface area (Å²) in [5.74, 6) is 0.724.